The first-order valence-corrected chi connectivity index (χ1v) is 20.1. The van der Waals surface area contributed by atoms with Crippen LogP contribution in [0.2, 0.25) is 0 Å². The summed E-state index contributed by atoms with van der Waals surface area (Å²) in [5.74, 6) is 0. The molecule has 262 valence electrons. The first kappa shape index (κ1) is 45.9. The Balaban J connectivity index is 1.36. The van der Waals surface area contributed by atoms with Crippen LogP contribution in [0.4, 0.5) is 17.1 Å². The van der Waals surface area contributed by atoms with Crippen LogP contribution in [0.5, 0.6) is 0 Å². The highest BCUT2D eigenvalue weighted by Crippen LogP contribution is 2.41. The van der Waals surface area contributed by atoms with Gasteiger partial charge in [-0.3, -0.25) is 0 Å². The average molecular weight is 790 g/mol. The first-order valence-electron chi connectivity index (χ1n) is 20.1. The number of rotatable bonds is 6. The van der Waals surface area contributed by atoms with Crippen molar-refractivity contribution in [2.75, 3.05) is 4.90 Å². The molecule has 0 saturated carbocycles. The molecule has 0 saturated heterocycles. The van der Waals surface area contributed by atoms with E-state index in [1.165, 1.54) is 0 Å². The molecule has 9 rings (SSSR count). The molecule has 1 heterocycles. The lowest BCUT2D eigenvalue weighted by Crippen LogP contribution is -2.57. The number of nitrogens with zero attached hydrogens (tertiary/aromatic N) is 1. The molecule has 0 aliphatic rings. The largest absolute Gasteiger partial charge is 0.455 e. The van der Waals surface area contributed by atoms with Gasteiger partial charge in [0, 0.05) is 33.2 Å². The third-order valence-corrected chi connectivity index (χ3v) is 12.4. The van der Waals surface area contributed by atoms with Gasteiger partial charge in [-0.05, 0) is 63.0 Å². The maximum absolute atomic E-state index is 7.07. The summed E-state index contributed by atoms with van der Waals surface area (Å²) in [6.07, 6.45) is 0. The van der Waals surface area contributed by atoms with Crippen molar-refractivity contribution in [2.45, 2.75) is 0 Å². The predicted octanol–water partition coefficient (Wildman–Crippen LogP) is -8.50. The Morgan fingerprint density at radius 3 is 1.21 bits per heavy atom. The molecule has 0 amide bonds. The van der Waals surface area contributed by atoms with Crippen LogP contribution in [0.15, 0.2) is 83.3 Å². The molecular weight excluding hydrogens is 777 g/mol. The van der Waals surface area contributed by atoms with Crippen LogP contribution >= 0.6 is 0 Å². The van der Waals surface area contributed by atoms with Crippen molar-refractivity contribution in [1.82, 2.24) is 0 Å². The van der Waals surface area contributed by atoms with Crippen LogP contribution in [-0.4, -0.2) is 141 Å². The van der Waals surface area contributed by atoms with Crippen LogP contribution in [0.3, 0.4) is 0 Å². The van der Waals surface area contributed by atoms with Gasteiger partial charge < -0.3 is 9.32 Å². The highest BCUT2D eigenvalue weighted by atomic mass is 16.3. The molecule has 0 spiro atoms. The second kappa shape index (κ2) is 16.8. The minimum Gasteiger partial charge on any atom is -0.455 e. The van der Waals surface area contributed by atoms with Crippen LogP contribution in [0, 0.1) is 0 Å². The standard InChI is InChI=1S/C46H13B18NO/c47-26-22(27(48)35(56)38(59)34(26)55)24-30(51)40(61)44(41(62)31(24)52)65(45-42(63)32(53)25(33(54)43(45)64)23-28(49)36(57)39(60)37(58)29(23)50)16-7-3-6-15(13-16)17-9-4-10-20-21(17)19-12-11-14-5-1-2-8-18(14)46(19)66-20/h1-13H. The van der Waals surface area contributed by atoms with Crippen molar-refractivity contribution in [3.05, 3.63) is 78.9 Å². The highest BCUT2D eigenvalue weighted by Gasteiger charge is 2.28. The lowest BCUT2D eigenvalue weighted by molar-refractivity contribution is 0.673. The molecule has 9 aromatic rings. The van der Waals surface area contributed by atoms with E-state index in [0.717, 1.165) is 38.3 Å². The van der Waals surface area contributed by atoms with Gasteiger partial charge in [-0.1, -0.05) is 120 Å². The Hall–Kier alpha value is -5.21. The fraction of sp³-hybridized carbons (Fsp3) is 0. The van der Waals surface area contributed by atoms with Crippen molar-refractivity contribution < 1.29 is 4.42 Å². The van der Waals surface area contributed by atoms with E-state index >= 15 is 0 Å². The van der Waals surface area contributed by atoms with E-state index in [9.17, 15) is 0 Å². The van der Waals surface area contributed by atoms with Crippen molar-refractivity contribution in [1.29, 1.82) is 0 Å². The number of benzene rings is 8. The summed E-state index contributed by atoms with van der Waals surface area (Å²) in [4.78, 5) is 1.55. The Labute approximate surface area is 408 Å². The molecule has 20 heteroatoms. The monoisotopic (exact) mass is 793 g/mol. The van der Waals surface area contributed by atoms with Crippen LogP contribution < -0.4 is 103 Å². The maximum atomic E-state index is 7.07. The highest BCUT2D eigenvalue weighted by molar-refractivity contribution is 6.73. The van der Waals surface area contributed by atoms with Crippen LogP contribution in [-0.2, 0) is 0 Å². The van der Waals surface area contributed by atoms with Gasteiger partial charge in [0.1, 0.15) is 152 Å². The molecule has 0 atom stereocenters. The molecule has 0 unspecified atom stereocenters. The van der Waals surface area contributed by atoms with Crippen molar-refractivity contribution in [2.24, 2.45) is 0 Å². The summed E-state index contributed by atoms with van der Waals surface area (Å²) in [6, 6.07) is 25.3. The van der Waals surface area contributed by atoms with Crippen molar-refractivity contribution >= 4 is 289 Å². The van der Waals surface area contributed by atoms with E-state index in [-0.39, 0.29) is 132 Å². The molecule has 8 aromatic carbocycles. The van der Waals surface area contributed by atoms with Gasteiger partial charge in [-0.25, -0.2) is 0 Å². The molecule has 1 aromatic heterocycles. The molecule has 0 fully saturated rings. The first-order chi connectivity index (χ1) is 31.3. The van der Waals surface area contributed by atoms with Gasteiger partial charge in [0.2, 0.25) is 0 Å². The van der Waals surface area contributed by atoms with Crippen molar-refractivity contribution in [3.63, 3.8) is 0 Å². The maximum Gasteiger partial charge on any atom is 0.143 e. The second-order valence-electron chi connectivity index (χ2n) is 16.0. The van der Waals surface area contributed by atoms with E-state index < -0.39 is 0 Å². The van der Waals surface area contributed by atoms with Crippen LogP contribution in [0.1, 0.15) is 0 Å². The molecule has 0 bridgehead atoms. The van der Waals surface area contributed by atoms with E-state index in [1.54, 1.807) is 11.0 Å². The fourth-order valence-electron chi connectivity index (χ4n) is 8.86. The summed E-state index contributed by atoms with van der Waals surface area (Å²) < 4.78 is 6.52. The lowest BCUT2D eigenvalue weighted by atomic mass is 9.56. The Kier molecular flexibility index (Phi) is 11.7. The summed E-state index contributed by atoms with van der Waals surface area (Å²) in [7, 11) is 119. The van der Waals surface area contributed by atoms with E-state index in [0.29, 0.717) is 11.3 Å². The third kappa shape index (κ3) is 6.73. The number of hydrogen-bond donors (Lipinski definition) is 0. The molecule has 2 nitrogen and oxygen atoms in total. The molecule has 0 aliphatic heterocycles. The smallest absolute Gasteiger partial charge is 0.143 e. The Bertz CT molecular complexity index is 3350. The van der Waals surface area contributed by atoms with Gasteiger partial charge in [0.15, 0.2) is 0 Å². The summed E-state index contributed by atoms with van der Waals surface area (Å²) >= 11 is 0. The molecular formula is C46H13B18NO. The SMILES string of the molecule is [B]c1c([B])c([B])c(-c2c([B])c([B])c(N(c3cccc(-c4cccc5oc6c7ccccc7ccc6c45)c3)c3c([B])c([B])c(-c4c([B])c([B])c([B])c([B])c4[B])c([B])c3[B])c([B])c2[B])c([B])c1[B]. The van der Waals surface area contributed by atoms with Gasteiger partial charge in [-0.15, -0.1) is 32.8 Å². The van der Waals surface area contributed by atoms with Crippen molar-refractivity contribution in [3.8, 4) is 33.4 Å². The summed E-state index contributed by atoms with van der Waals surface area (Å²) in [6.45, 7) is 0. The van der Waals surface area contributed by atoms with E-state index in [4.69, 9.17) is 146 Å². The molecule has 66 heavy (non-hydrogen) atoms. The Morgan fingerprint density at radius 1 is 0.333 bits per heavy atom. The average Bonchev–Trinajstić information content (AvgIpc) is 3.71. The second-order valence-corrected chi connectivity index (χ2v) is 16.0. The lowest BCUT2D eigenvalue weighted by Gasteiger charge is -2.38. The predicted molar refractivity (Wildman–Crippen MR) is 299 cm³/mol. The topological polar surface area (TPSA) is 16.4 Å². The summed E-state index contributed by atoms with van der Waals surface area (Å²) in [5.41, 5.74) is 2.08. The zero-order valence-corrected chi connectivity index (χ0v) is 35.3. The molecule has 0 aliphatic carbocycles. The number of anilines is 3. The number of fused-ring (bicyclic) bond motifs is 5. The van der Waals surface area contributed by atoms with E-state index in [2.05, 4.69) is 6.07 Å². The zero-order chi connectivity index (χ0) is 47.5. The summed E-state index contributed by atoms with van der Waals surface area (Å²) in [5, 5.41) is 3.77. The third-order valence-electron chi connectivity index (χ3n) is 12.4. The minimum absolute atomic E-state index is 0.0165. The zero-order valence-electron chi connectivity index (χ0n) is 35.3. The van der Waals surface area contributed by atoms with Gasteiger partial charge in [-0.2, -0.15) is 0 Å². The van der Waals surface area contributed by atoms with Crippen LogP contribution in [0.25, 0.3) is 66.1 Å². The van der Waals surface area contributed by atoms with Gasteiger partial charge in [0.25, 0.3) is 0 Å². The fourth-order valence-corrected chi connectivity index (χ4v) is 8.86. The number of hydrogen-bond acceptors (Lipinski definition) is 2. The number of furan rings is 1. The van der Waals surface area contributed by atoms with Gasteiger partial charge in [0.05, 0.1) is 0 Å². The quantitative estimate of drug-likeness (QED) is 0.156. The minimum atomic E-state index is -0.128. The Morgan fingerprint density at radius 2 is 0.742 bits per heavy atom. The molecule has 36 radical (unpaired) electrons. The van der Waals surface area contributed by atoms with E-state index in [1.807, 2.05) is 66.7 Å². The van der Waals surface area contributed by atoms with Gasteiger partial charge >= 0.3 is 0 Å². The normalized spacial score (nSPS) is 11.5. The molecule has 0 N–H and O–H groups in total.